The number of rotatable bonds is 3. The highest BCUT2D eigenvalue weighted by Crippen LogP contribution is 2.35. The Morgan fingerprint density at radius 3 is 2.59 bits per heavy atom. The van der Waals surface area contributed by atoms with Crippen molar-refractivity contribution in [3.05, 3.63) is 12.3 Å². The second kappa shape index (κ2) is 3.99. The molecule has 0 saturated carbocycles. The number of alkyl halides is 4. The Kier molecular flexibility index (Phi) is 2.77. The topological polar surface area (TPSA) is 64.5 Å². The lowest BCUT2D eigenvalue weighted by Gasteiger charge is -2.30. The maximum Gasteiger partial charge on any atom is 0.287 e. The van der Waals surface area contributed by atoms with Crippen molar-refractivity contribution in [2.75, 3.05) is 5.01 Å². The van der Waals surface area contributed by atoms with Crippen LogP contribution in [0.5, 0.6) is 0 Å². The average molecular weight is 252 g/mol. The molecule has 0 saturated heterocycles. The molecule has 0 aliphatic carbocycles. The number of anilines is 1. The highest BCUT2D eigenvalue weighted by molar-refractivity contribution is 5.91. The SMILES string of the molecule is O[C@@]1(C(F)F)CC(C(F)F)=NN1c1ccn[nH]1. The van der Waals surface area contributed by atoms with Crippen molar-refractivity contribution in [2.24, 2.45) is 5.10 Å². The van der Waals surface area contributed by atoms with Gasteiger partial charge in [0, 0.05) is 12.5 Å². The molecule has 9 heteroatoms. The van der Waals surface area contributed by atoms with Gasteiger partial charge in [-0.25, -0.2) is 22.6 Å². The molecule has 0 amide bonds. The molecule has 94 valence electrons. The zero-order valence-corrected chi connectivity index (χ0v) is 8.32. The van der Waals surface area contributed by atoms with Crippen LogP contribution in [0.15, 0.2) is 17.4 Å². The zero-order valence-electron chi connectivity index (χ0n) is 8.32. The predicted octanol–water partition coefficient (Wildman–Crippen LogP) is 1.19. The average Bonchev–Trinajstić information content (AvgIpc) is 2.84. The summed E-state index contributed by atoms with van der Waals surface area (Å²) >= 11 is 0. The summed E-state index contributed by atoms with van der Waals surface area (Å²) in [4.78, 5) is 0. The van der Waals surface area contributed by atoms with Crippen LogP contribution >= 0.6 is 0 Å². The Hall–Kier alpha value is -1.64. The molecule has 1 aromatic rings. The maximum absolute atomic E-state index is 12.8. The van der Waals surface area contributed by atoms with E-state index in [1.165, 1.54) is 12.3 Å². The summed E-state index contributed by atoms with van der Waals surface area (Å²) in [6.45, 7) is 0. The number of H-pyrrole nitrogens is 1. The van der Waals surface area contributed by atoms with Gasteiger partial charge >= 0.3 is 0 Å². The first-order valence-electron chi connectivity index (χ1n) is 4.61. The number of nitrogens with one attached hydrogen (secondary N) is 1. The zero-order chi connectivity index (χ0) is 12.6. The van der Waals surface area contributed by atoms with Crippen LogP contribution in [-0.2, 0) is 0 Å². The lowest BCUT2D eigenvalue weighted by Crippen LogP contribution is -2.49. The van der Waals surface area contributed by atoms with E-state index in [1.54, 1.807) is 0 Å². The van der Waals surface area contributed by atoms with Crippen LogP contribution < -0.4 is 5.01 Å². The third-order valence-corrected chi connectivity index (χ3v) is 2.35. The Morgan fingerprint density at radius 2 is 2.12 bits per heavy atom. The largest absolute Gasteiger partial charge is 0.364 e. The minimum absolute atomic E-state index is 0.0801. The molecular weight excluding hydrogens is 244 g/mol. The number of aromatic nitrogens is 2. The molecule has 1 aliphatic rings. The van der Waals surface area contributed by atoms with Gasteiger partial charge in [0.2, 0.25) is 5.72 Å². The van der Waals surface area contributed by atoms with Gasteiger partial charge < -0.3 is 5.11 Å². The van der Waals surface area contributed by atoms with E-state index in [4.69, 9.17) is 0 Å². The van der Waals surface area contributed by atoms with Crippen LogP contribution in [0.3, 0.4) is 0 Å². The van der Waals surface area contributed by atoms with E-state index in [0.717, 1.165) is 0 Å². The third kappa shape index (κ3) is 1.86. The molecule has 2 heterocycles. The van der Waals surface area contributed by atoms with Crippen molar-refractivity contribution in [2.45, 2.75) is 25.0 Å². The number of aromatic amines is 1. The fourth-order valence-electron chi connectivity index (χ4n) is 1.51. The number of aliphatic hydroxyl groups is 1. The van der Waals surface area contributed by atoms with Gasteiger partial charge in [0.1, 0.15) is 11.5 Å². The van der Waals surface area contributed by atoms with Crippen molar-refractivity contribution < 1.29 is 22.7 Å². The summed E-state index contributed by atoms with van der Waals surface area (Å²) in [6.07, 6.45) is -5.92. The molecule has 0 radical (unpaired) electrons. The van der Waals surface area contributed by atoms with E-state index in [-0.39, 0.29) is 5.82 Å². The fourth-order valence-corrected chi connectivity index (χ4v) is 1.51. The molecular formula is C8H8F4N4O. The van der Waals surface area contributed by atoms with Gasteiger partial charge in [-0.1, -0.05) is 0 Å². The van der Waals surface area contributed by atoms with Crippen molar-refractivity contribution in [1.29, 1.82) is 0 Å². The van der Waals surface area contributed by atoms with Gasteiger partial charge in [-0.3, -0.25) is 5.10 Å². The van der Waals surface area contributed by atoms with Gasteiger partial charge in [-0.15, -0.1) is 0 Å². The highest BCUT2D eigenvalue weighted by Gasteiger charge is 2.51. The number of halogens is 4. The van der Waals surface area contributed by atoms with E-state index in [1.807, 2.05) is 0 Å². The molecule has 0 bridgehead atoms. The van der Waals surface area contributed by atoms with Crippen LogP contribution in [0, 0.1) is 0 Å². The summed E-state index contributed by atoms with van der Waals surface area (Å²) < 4.78 is 50.4. The van der Waals surface area contributed by atoms with Crippen molar-refractivity contribution >= 4 is 11.5 Å². The van der Waals surface area contributed by atoms with Crippen LogP contribution in [0.1, 0.15) is 6.42 Å². The molecule has 1 atom stereocenters. The molecule has 17 heavy (non-hydrogen) atoms. The molecule has 1 aliphatic heterocycles. The number of hydrazone groups is 1. The van der Waals surface area contributed by atoms with Gasteiger partial charge in [-0.05, 0) is 0 Å². The van der Waals surface area contributed by atoms with Gasteiger partial charge in [0.25, 0.3) is 12.9 Å². The van der Waals surface area contributed by atoms with Gasteiger partial charge in [-0.2, -0.15) is 10.2 Å². The maximum atomic E-state index is 12.8. The molecule has 0 spiro atoms. The summed E-state index contributed by atoms with van der Waals surface area (Å²) in [5.41, 5.74) is -3.56. The number of nitrogens with zero attached hydrogens (tertiary/aromatic N) is 3. The lowest BCUT2D eigenvalue weighted by molar-refractivity contribution is -0.0876. The first-order chi connectivity index (χ1) is 7.95. The summed E-state index contributed by atoms with van der Waals surface area (Å²) in [7, 11) is 0. The fraction of sp³-hybridized carbons (Fsp3) is 0.500. The summed E-state index contributed by atoms with van der Waals surface area (Å²) in [5, 5.41) is 19.2. The van der Waals surface area contributed by atoms with Crippen LogP contribution in [0.4, 0.5) is 23.4 Å². The van der Waals surface area contributed by atoms with E-state index in [0.29, 0.717) is 5.01 Å². The van der Waals surface area contributed by atoms with Crippen molar-refractivity contribution in [1.82, 2.24) is 10.2 Å². The molecule has 0 fully saturated rings. The Balaban J connectivity index is 2.37. The standard InChI is InChI=1S/C8H8F4N4O/c9-6(10)4-3-8(17,7(11)12)16(15-4)5-1-2-13-14-5/h1-2,6-7,17H,3H2,(H,13,14)/t8-/m1/s1. The number of hydrogen-bond acceptors (Lipinski definition) is 4. The minimum atomic E-state index is -3.24. The smallest absolute Gasteiger partial charge is 0.287 e. The summed E-state index contributed by atoms with van der Waals surface area (Å²) in [6, 6.07) is 1.24. The highest BCUT2D eigenvalue weighted by atomic mass is 19.3. The van der Waals surface area contributed by atoms with Crippen LogP contribution in [-0.4, -0.2) is 39.6 Å². The second-order valence-corrected chi connectivity index (χ2v) is 3.50. The van der Waals surface area contributed by atoms with Gasteiger partial charge in [0.15, 0.2) is 0 Å². The van der Waals surface area contributed by atoms with Gasteiger partial charge in [0.05, 0.1) is 6.20 Å². The van der Waals surface area contributed by atoms with E-state index in [9.17, 15) is 22.7 Å². The molecule has 2 N–H and O–H groups in total. The quantitative estimate of drug-likeness (QED) is 0.794. The minimum Gasteiger partial charge on any atom is -0.364 e. The Morgan fingerprint density at radius 1 is 1.41 bits per heavy atom. The molecule has 0 unspecified atom stereocenters. The Labute approximate surface area is 92.7 Å². The Bertz CT molecular complexity index is 421. The molecule has 5 nitrogen and oxygen atoms in total. The first kappa shape index (κ1) is 11.8. The van der Waals surface area contributed by atoms with Crippen molar-refractivity contribution in [3.63, 3.8) is 0 Å². The number of hydrogen-bond donors (Lipinski definition) is 2. The van der Waals surface area contributed by atoms with E-state index in [2.05, 4.69) is 15.3 Å². The molecule has 0 aromatic carbocycles. The monoisotopic (exact) mass is 252 g/mol. The van der Waals surface area contributed by atoms with Crippen LogP contribution in [0.2, 0.25) is 0 Å². The van der Waals surface area contributed by atoms with E-state index >= 15 is 0 Å². The van der Waals surface area contributed by atoms with E-state index < -0.39 is 30.7 Å². The normalized spacial score (nSPS) is 24.9. The molecule has 1 aromatic heterocycles. The van der Waals surface area contributed by atoms with Crippen molar-refractivity contribution in [3.8, 4) is 0 Å². The first-order valence-corrected chi connectivity index (χ1v) is 4.61. The second-order valence-electron chi connectivity index (χ2n) is 3.50. The lowest BCUT2D eigenvalue weighted by atomic mass is 10.1. The third-order valence-electron chi connectivity index (χ3n) is 2.35. The molecule has 2 rings (SSSR count). The summed E-state index contributed by atoms with van der Waals surface area (Å²) in [5.74, 6) is -0.0801. The van der Waals surface area contributed by atoms with Crippen LogP contribution in [0.25, 0.3) is 0 Å². The predicted molar refractivity (Wildman–Crippen MR) is 50.1 cm³/mol.